The van der Waals surface area contributed by atoms with Gasteiger partial charge in [-0.05, 0) is 61.7 Å². The van der Waals surface area contributed by atoms with Gasteiger partial charge in [-0.3, -0.25) is 0 Å². The molecule has 5 heteroatoms. The van der Waals surface area contributed by atoms with E-state index in [2.05, 4.69) is 6.58 Å². The number of ether oxygens (including phenoxy) is 1. The van der Waals surface area contributed by atoms with Crippen LogP contribution in [0.2, 0.25) is 0 Å². The van der Waals surface area contributed by atoms with Gasteiger partial charge in [0.2, 0.25) is 0 Å². The fourth-order valence-corrected chi connectivity index (χ4v) is 5.28. The summed E-state index contributed by atoms with van der Waals surface area (Å²) in [6.07, 6.45) is 0. The standard InChI is InChI=1S/C21H22O3.C12H10OP/c1-13-11-14(2)19(15(3)12-13)21(23)24-20(22)17(5)16(4)18-9-7-6-8-10-18;13-14(11-7-3-1-4-8-11)12-9-5-2-6-10-12/h6-12,16H,5H2,1-4H3;1-10H/q;+1. The average molecular weight is 524 g/mol. The number of benzene rings is 4. The van der Waals surface area contributed by atoms with E-state index >= 15 is 0 Å². The molecule has 0 bridgehead atoms. The molecule has 0 heterocycles. The highest BCUT2D eigenvalue weighted by molar-refractivity contribution is 7.61. The molecular weight excluding hydrogens is 491 g/mol. The summed E-state index contributed by atoms with van der Waals surface area (Å²) in [5.41, 5.74) is 4.31. The summed E-state index contributed by atoms with van der Waals surface area (Å²) in [7, 11) is -1.42. The zero-order chi connectivity index (χ0) is 27.7. The smallest absolute Gasteiger partial charge is 0.386 e. The topological polar surface area (TPSA) is 60.4 Å². The minimum absolute atomic E-state index is 0.216. The van der Waals surface area contributed by atoms with Crippen LogP contribution in [0.25, 0.3) is 0 Å². The summed E-state index contributed by atoms with van der Waals surface area (Å²) in [4.78, 5) is 24.7. The third kappa shape index (κ3) is 7.44. The van der Waals surface area contributed by atoms with E-state index in [0.717, 1.165) is 32.9 Å². The van der Waals surface area contributed by atoms with E-state index in [-0.39, 0.29) is 11.5 Å². The maximum atomic E-state index is 12.4. The third-order valence-electron chi connectivity index (χ3n) is 6.13. The van der Waals surface area contributed by atoms with Gasteiger partial charge in [0.25, 0.3) is 0 Å². The van der Waals surface area contributed by atoms with Crippen molar-refractivity contribution >= 4 is 30.3 Å². The first-order valence-electron chi connectivity index (χ1n) is 12.3. The number of esters is 2. The Hall–Kier alpha value is -4.14. The maximum Gasteiger partial charge on any atom is 0.415 e. The summed E-state index contributed by atoms with van der Waals surface area (Å²) >= 11 is 0. The first kappa shape index (κ1) is 28.4. The molecule has 38 heavy (non-hydrogen) atoms. The van der Waals surface area contributed by atoms with Crippen molar-refractivity contribution in [2.75, 3.05) is 0 Å². The zero-order valence-electron chi connectivity index (χ0n) is 22.2. The van der Waals surface area contributed by atoms with Crippen LogP contribution >= 0.6 is 7.80 Å². The normalized spacial score (nSPS) is 10.9. The maximum absolute atomic E-state index is 12.4. The molecule has 1 unspecified atom stereocenters. The molecule has 0 saturated carbocycles. The molecule has 0 aliphatic carbocycles. The van der Waals surface area contributed by atoms with Gasteiger partial charge in [-0.15, -0.1) is 0 Å². The third-order valence-corrected chi connectivity index (χ3v) is 7.67. The van der Waals surface area contributed by atoms with Gasteiger partial charge in [-0.1, -0.05) is 102 Å². The van der Waals surface area contributed by atoms with E-state index < -0.39 is 19.7 Å². The number of rotatable bonds is 6. The molecule has 4 aromatic rings. The molecule has 192 valence electrons. The lowest BCUT2D eigenvalue weighted by atomic mass is 9.94. The lowest BCUT2D eigenvalue weighted by molar-refractivity contribution is -0.133. The minimum Gasteiger partial charge on any atom is -0.386 e. The number of hydrogen-bond donors (Lipinski definition) is 0. The molecule has 0 spiro atoms. The fourth-order valence-electron chi connectivity index (χ4n) is 4.10. The van der Waals surface area contributed by atoms with Crippen molar-refractivity contribution in [3.05, 3.63) is 143 Å². The Morgan fingerprint density at radius 2 is 1.16 bits per heavy atom. The summed E-state index contributed by atoms with van der Waals surface area (Å²) in [6, 6.07) is 32.4. The highest BCUT2D eigenvalue weighted by Crippen LogP contribution is 2.24. The van der Waals surface area contributed by atoms with Crippen molar-refractivity contribution in [3.8, 4) is 0 Å². The number of aryl methyl sites for hydroxylation is 3. The van der Waals surface area contributed by atoms with Crippen molar-refractivity contribution in [3.63, 3.8) is 0 Å². The minimum atomic E-state index is -1.42. The summed E-state index contributed by atoms with van der Waals surface area (Å²) in [6.45, 7) is 11.3. The van der Waals surface area contributed by atoms with Crippen LogP contribution in [0.15, 0.2) is 115 Å². The first-order chi connectivity index (χ1) is 18.2. The lowest BCUT2D eigenvalue weighted by Crippen LogP contribution is -2.18. The van der Waals surface area contributed by atoms with E-state index in [1.54, 1.807) is 0 Å². The van der Waals surface area contributed by atoms with Crippen molar-refractivity contribution in [2.24, 2.45) is 0 Å². The van der Waals surface area contributed by atoms with Crippen molar-refractivity contribution in [2.45, 2.75) is 33.6 Å². The predicted octanol–water partition coefficient (Wildman–Crippen LogP) is 7.12. The van der Waals surface area contributed by atoms with E-state index in [9.17, 15) is 14.2 Å². The fraction of sp³-hybridized carbons (Fsp3) is 0.152. The monoisotopic (exact) mass is 523 g/mol. The quantitative estimate of drug-likeness (QED) is 0.117. The van der Waals surface area contributed by atoms with Crippen LogP contribution in [0.1, 0.15) is 45.5 Å². The van der Waals surface area contributed by atoms with E-state index in [4.69, 9.17) is 4.74 Å². The Kier molecular flexibility index (Phi) is 10.0. The van der Waals surface area contributed by atoms with Crippen LogP contribution in [0.4, 0.5) is 0 Å². The van der Waals surface area contributed by atoms with Gasteiger partial charge < -0.3 is 4.74 Å². The van der Waals surface area contributed by atoms with Crippen molar-refractivity contribution in [1.82, 2.24) is 0 Å². The molecule has 0 amide bonds. The van der Waals surface area contributed by atoms with Gasteiger partial charge in [0.05, 0.1) is 5.56 Å². The molecule has 0 aromatic heterocycles. The van der Waals surface area contributed by atoms with Crippen LogP contribution < -0.4 is 10.6 Å². The molecule has 0 aliphatic rings. The van der Waals surface area contributed by atoms with Crippen LogP contribution in [0, 0.1) is 20.8 Å². The van der Waals surface area contributed by atoms with E-state index in [0.29, 0.717) is 5.56 Å². The van der Waals surface area contributed by atoms with Gasteiger partial charge in [0.15, 0.2) is 10.6 Å². The number of carbonyl (C=O) groups excluding carboxylic acids is 2. The molecule has 0 fully saturated rings. The average Bonchev–Trinajstić information content (AvgIpc) is 2.93. The van der Waals surface area contributed by atoms with Crippen LogP contribution in [0.5, 0.6) is 0 Å². The Balaban J connectivity index is 0.000000241. The summed E-state index contributed by atoms with van der Waals surface area (Å²) in [5, 5.41) is 1.77. The second-order valence-electron chi connectivity index (χ2n) is 9.07. The Morgan fingerprint density at radius 1 is 0.737 bits per heavy atom. The second-order valence-corrected chi connectivity index (χ2v) is 10.7. The highest BCUT2D eigenvalue weighted by atomic mass is 31.1. The van der Waals surface area contributed by atoms with Gasteiger partial charge >= 0.3 is 19.7 Å². The molecule has 1 atom stereocenters. The van der Waals surface area contributed by atoms with Gasteiger partial charge in [-0.2, -0.15) is 0 Å². The van der Waals surface area contributed by atoms with Crippen molar-refractivity contribution in [1.29, 1.82) is 0 Å². The van der Waals surface area contributed by atoms with Crippen LogP contribution in [0.3, 0.4) is 0 Å². The number of carbonyl (C=O) groups is 2. The largest absolute Gasteiger partial charge is 0.415 e. The molecule has 0 radical (unpaired) electrons. The molecule has 0 saturated heterocycles. The van der Waals surface area contributed by atoms with Gasteiger partial charge in [0, 0.05) is 11.5 Å². The molecule has 4 aromatic carbocycles. The number of hydrogen-bond acceptors (Lipinski definition) is 4. The van der Waals surface area contributed by atoms with Gasteiger partial charge in [-0.25, -0.2) is 9.59 Å². The van der Waals surface area contributed by atoms with E-state index in [1.165, 1.54) is 0 Å². The second kappa shape index (κ2) is 13.4. The molecule has 4 rings (SSSR count). The van der Waals surface area contributed by atoms with E-state index in [1.807, 2.05) is 131 Å². The lowest BCUT2D eigenvalue weighted by Gasteiger charge is -2.15. The Morgan fingerprint density at radius 3 is 1.61 bits per heavy atom. The summed E-state index contributed by atoms with van der Waals surface area (Å²) < 4.78 is 17.1. The SMILES string of the molecule is C=C(C(=O)OC(=O)c1c(C)cc(C)cc1C)C(C)c1ccccc1.O=[P+](c1ccccc1)c1ccccc1. The molecule has 4 nitrogen and oxygen atoms in total. The first-order valence-corrected chi connectivity index (χ1v) is 13.6. The Bertz CT molecular complexity index is 1360. The Labute approximate surface area is 225 Å². The summed E-state index contributed by atoms with van der Waals surface area (Å²) in [5.74, 6) is -1.53. The van der Waals surface area contributed by atoms with Gasteiger partial charge in [0.1, 0.15) is 0 Å². The van der Waals surface area contributed by atoms with Crippen LogP contribution in [-0.4, -0.2) is 11.9 Å². The molecule has 0 aliphatic heterocycles. The van der Waals surface area contributed by atoms with Crippen molar-refractivity contribution < 1.29 is 18.9 Å². The zero-order valence-corrected chi connectivity index (χ0v) is 23.1. The molecule has 0 N–H and O–H groups in total. The predicted molar refractivity (Wildman–Crippen MR) is 155 cm³/mol. The van der Waals surface area contributed by atoms with Crippen LogP contribution in [-0.2, 0) is 14.1 Å². The molecular formula is C33H32O4P+. The highest BCUT2D eigenvalue weighted by Gasteiger charge is 2.23.